The predicted octanol–water partition coefficient (Wildman–Crippen LogP) is 1.33. The van der Waals surface area contributed by atoms with Crippen molar-refractivity contribution in [2.45, 2.75) is 0 Å². The van der Waals surface area contributed by atoms with Crippen LogP contribution in [-0.4, -0.2) is 5.91 Å². The van der Waals surface area contributed by atoms with E-state index in [1.165, 1.54) is 6.08 Å². The maximum atomic E-state index is 10.5. The van der Waals surface area contributed by atoms with E-state index in [0.717, 1.165) is 0 Å². The Morgan fingerprint density at radius 1 is 1.18 bits per heavy atom. The van der Waals surface area contributed by atoms with Crippen molar-refractivity contribution in [3.63, 3.8) is 0 Å². The Hall–Kier alpha value is -1.57. The van der Waals surface area contributed by atoms with E-state index in [4.69, 9.17) is 5.73 Å². The standard InChI is InChI=1S/C9H11NO/c1-5-6(2)7(3)8(4)9(10)11/h5H,1-4H2,(H2,10,11). The number of allylic oxidation sites excluding steroid dienone is 2. The van der Waals surface area contributed by atoms with Crippen LogP contribution < -0.4 is 5.73 Å². The van der Waals surface area contributed by atoms with Crippen molar-refractivity contribution in [1.82, 2.24) is 0 Å². The number of primary amides is 1. The molecule has 2 heteroatoms. The first-order valence-corrected chi connectivity index (χ1v) is 3.00. The summed E-state index contributed by atoms with van der Waals surface area (Å²) in [5.74, 6) is -0.585. The van der Waals surface area contributed by atoms with Crippen molar-refractivity contribution < 1.29 is 4.79 Å². The molecule has 0 aliphatic carbocycles. The largest absolute Gasteiger partial charge is 0.366 e. The van der Waals surface area contributed by atoms with Crippen LogP contribution in [0.1, 0.15) is 0 Å². The monoisotopic (exact) mass is 149 g/mol. The molecule has 0 unspecified atom stereocenters. The molecule has 0 aromatic rings. The molecule has 58 valence electrons. The average Bonchev–Trinajstić information content (AvgIpc) is 2.00. The smallest absolute Gasteiger partial charge is 0.248 e. The molecule has 0 atom stereocenters. The van der Waals surface area contributed by atoms with Gasteiger partial charge in [0, 0.05) is 5.57 Å². The van der Waals surface area contributed by atoms with Gasteiger partial charge < -0.3 is 5.73 Å². The second kappa shape index (κ2) is 3.56. The maximum absolute atomic E-state index is 10.5. The van der Waals surface area contributed by atoms with Gasteiger partial charge in [0.1, 0.15) is 0 Å². The SMILES string of the molecule is C=CC(=C)C(=C)C(=C)C(N)=O. The molecule has 0 heterocycles. The zero-order valence-corrected chi connectivity index (χ0v) is 6.39. The van der Waals surface area contributed by atoms with Crippen LogP contribution in [0.15, 0.2) is 49.1 Å². The molecule has 0 fully saturated rings. The molecule has 0 bridgehead atoms. The number of hydrogen-bond acceptors (Lipinski definition) is 1. The van der Waals surface area contributed by atoms with Gasteiger partial charge >= 0.3 is 0 Å². The normalized spacial score (nSPS) is 8.36. The summed E-state index contributed by atoms with van der Waals surface area (Å²) in [6, 6.07) is 0. The minimum Gasteiger partial charge on any atom is -0.366 e. The molecule has 0 aromatic heterocycles. The van der Waals surface area contributed by atoms with Gasteiger partial charge in [0.15, 0.2) is 0 Å². The highest BCUT2D eigenvalue weighted by molar-refractivity contribution is 5.97. The highest BCUT2D eigenvalue weighted by Gasteiger charge is 2.06. The molecule has 0 aliphatic rings. The Kier molecular flexibility index (Phi) is 3.05. The maximum Gasteiger partial charge on any atom is 0.248 e. The summed E-state index contributed by atoms with van der Waals surface area (Å²) in [4.78, 5) is 10.5. The van der Waals surface area contributed by atoms with Crippen LogP contribution in [0.4, 0.5) is 0 Å². The molecule has 0 saturated heterocycles. The Morgan fingerprint density at radius 2 is 1.64 bits per heavy atom. The zero-order valence-electron chi connectivity index (χ0n) is 6.39. The third kappa shape index (κ3) is 2.26. The fourth-order valence-corrected chi connectivity index (χ4v) is 0.466. The van der Waals surface area contributed by atoms with Crippen LogP contribution in [-0.2, 0) is 4.79 Å². The van der Waals surface area contributed by atoms with Crippen LogP contribution in [0.25, 0.3) is 0 Å². The lowest BCUT2D eigenvalue weighted by atomic mass is 10.0. The fraction of sp³-hybridized carbons (Fsp3) is 0. The number of hydrogen-bond donors (Lipinski definition) is 1. The number of amides is 1. The summed E-state index contributed by atoms with van der Waals surface area (Å²) >= 11 is 0. The van der Waals surface area contributed by atoms with Crippen LogP contribution in [0.3, 0.4) is 0 Å². The van der Waals surface area contributed by atoms with Crippen molar-refractivity contribution in [2.75, 3.05) is 0 Å². The summed E-state index contributed by atoms with van der Waals surface area (Å²) in [6.45, 7) is 14.1. The molecule has 0 aromatic carbocycles. The minimum absolute atomic E-state index is 0.176. The van der Waals surface area contributed by atoms with Gasteiger partial charge in [0.05, 0.1) is 0 Å². The second-order valence-corrected chi connectivity index (χ2v) is 2.05. The number of carbonyl (C=O) groups is 1. The first-order valence-electron chi connectivity index (χ1n) is 3.00. The van der Waals surface area contributed by atoms with Crippen LogP contribution in [0.5, 0.6) is 0 Å². The van der Waals surface area contributed by atoms with E-state index in [2.05, 4.69) is 26.3 Å². The van der Waals surface area contributed by atoms with Gasteiger partial charge in [-0.05, 0) is 11.1 Å². The van der Waals surface area contributed by atoms with Crippen molar-refractivity contribution in [1.29, 1.82) is 0 Å². The van der Waals surface area contributed by atoms with E-state index >= 15 is 0 Å². The van der Waals surface area contributed by atoms with E-state index in [9.17, 15) is 4.79 Å². The van der Waals surface area contributed by atoms with Crippen LogP contribution >= 0.6 is 0 Å². The van der Waals surface area contributed by atoms with Gasteiger partial charge in [-0.25, -0.2) is 0 Å². The molecule has 11 heavy (non-hydrogen) atoms. The first-order chi connectivity index (χ1) is 5.00. The molecule has 1 amide bonds. The molecule has 0 aliphatic heterocycles. The lowest BCUT2D eigenvalue weighted by molar-refractivity contribution is -0.114. The summed E-state index contributed by atoms with van der Waals surface area (Å²) < 4.78 is 0. The first kappa shape index (κ1) is 9.43. The average molecular weight is 149 g/mol. The van der Waals surface area contributed by atoms with Crippen molar-refractivity contribution >= 4 is 5.91 Å². The van der Waals surface area contributed by atoms with E-state index in [1.807, 2.05) is 0 Å². The zero-order chi connectivity index (χ0) is 9.02. The molecule has 2 nitrogen and oxygen atoms in total. The van der Waals surface area contributed by atoms with Crippen LogP contribution in [0.2, 0.25) is 0 Å². The third-order valence-corrected chi connectivity index (χ3v) is 1.30. The quantitative estimate of drug-likeness (QED) is 0.475. The van der Waals surface area contributed by atoms with E-state index < -0.39 is 5.91 Å². The van der Waals surface area contributed by atoms with Gasteiger partial charge in [-0.15, -0.1) is 0 Å². The van der Waals surface area contributed by atoms with Gasteiger partial charge in [-0.2, -0.15) is 0 Å². The van der Waals surface area contributed by atoms with E-state index in [-0.39, 0.29) is 5.57 Å². The Balaban J connectivity index is 4.51. The second-order valence-electron chi connectivity index (χ2n) is 2.05. The molecular formula is C9H11NO. The Bertz CT molecular complexity index is 248. The van der Waals surface area contributed by atoms with E-state index in [0.29, 0.717) is 11.1 Å². The van der Waals surface area contributed by atoms with Crippen molar-refractivity contribution in [3.8, 4) is 0 Å². The number of rotatable bonds is 4. The molecular weight excluding hydrogens is 138 g/mol. The van der Waals surface area contributed by atoms with Gasteiger partial charge in [-0.3, -0.25) is 4.79 Å². The predicted molar refractivity (Wildman–Crippen MR) is 46.8 cm³/mol. The number of nitrogens with two attached hydrogens (primary N) is 1. The third-order valence-electron chi connectivity index (χ3n) is 1.30. The van der Waals surface area contributed by atoms with Crippen LogP contribution in [0, 0.1) is 0 Å². The molecule has 0 rings (SSSR count). The summed E-state index contributed by atoms with van der Waals surface area (Å²) in [7, 11) is 0. The summed E-state index contributed by atoms with van der Waals surface area (Å²) in [6.07, 6.45) is 1.50. The van der Waals surface area contributed by atoms with Gasteiger partial charge in [0.2, 0.25) is 5.91 Å². The van der Waals surface area contributed by atoms with Gasteiger partial charge in [-0.1, -0.05) is 32.4 Å². The Morgan fingerprint density at radius 3 is 1.91 bits per heavy atom. The molecule has 0 saturated carbocycles. The minimum atomic E-state index is -0.585. The fourth-order valence-electron chi connectivity index (χ4n) is 0.466. The summed E-state index contributed by atoms with van der Waals surface area (Å²) in [5.41, 5.74) is 6.13. The number of carbonyl (C=O) groups excluding carboxylic acids is 1. The Labute approximate surface area is 66.4 Å². The summed E-state index contributed by atoms with van der Waals surface area (Å²) in [5, 5.41) is 0. The lowest BCUT2D eigenvalue weighted by Gasteiger charge is -2.03. The topological polar surface area (TPSA) is 43.1 Å². The van der Waals surface area contributed by atoms with E-state index in [1.54, 1.807) is 0 Å². The van der Waals surface area contributed by atoms with Crippen molar-refractivity contribution in [3.05, 3.63) is 49.1 Å². The lowest BCUT2D eigenvalue weighted by Crippen LogP contribution is -2.14. The molecule has 0 radical (unpaired) electrons. The van der Waals surface area contributed by atoms with Crippen molar-refractivity contribution in [2.24, 2.45) is 5.73 Å². The highest BCUT2D eigenvalue weighted by Crippen LogP contribution is 2.13. The highest BCUT2D eigenvalue weighted by atomic mass is 16.1. The van der Waals surface area contributed by atoms with Gasteiger partial charge in [0.25, 0.3) is 0 Å². The molecule has 2 N–H and O–H groups in total. The molecule has 0 spiro atoms.